The lowest BCUT2D eigenvalue weighted by Gasteiger charge is -2.36. The molecule has 2 heterocycles. The first kappa shape index (κ1) is 14.4. The quantitative estimate of drug-likeness (QED) is 0.679. The Balaban J connectivity index is 1.63. The number of likely N-dealkylation sites (tertiary alicyclic amines) is 1. The van der Waals surface area contributed by atoms with Crippen molar-refractivity contribution in [2.75, 3.05) is 6.54 Å². The Morgan fingerprint density at radius 3 is 2.78 bits per heavy atom. The highest BCUT2D eigenvalue weighted by Crippen LogP contribution is 2.33. The Labute approximate surface area is 137 Å². The minimum atomic E-state index is 0.522. The molecule has 2 aromatic carbocycles. The zero-order chi connectivity index (χ0) is 15.5. The van der Waals surface area contributed by atoms with Crippen LogP contribution in [-0.4, -0.2) is 16.4 Å². The highest BCUT2D eigenvalue weighted by atomic mass is 15.2. The molecule has 0 saturated carbocycles. The van der Waals surface area contributed by atoms with Crippen molar-refractivity contribution < 1.29 is 0 Å². The number of pyridine rings is 1. The Morgan fingerprint density at radius 2 is 1.87 bits per heavy atom. The van der Waals surface area contributed by atoms with Crippen molar-refractivity contribution in [3.8, 4) is 0 Å². The third kappa shape index (κ3) is 3.13. The summed E-state index contributed by atoms with van der Waals surface area (Å²) in [4.78, 5) is 7.08. The monoisotopic (exact) mass is 302 g/mol. The second-order valence-corrected chi connectivity index (χ2v) is 6.42. The van der Waals surface area contributed by atoms with Gasteiger partial charge < -0.3 is 0 Å². The number of aromatic nitrogens is 1. The van der Waals surface area contributed by atoms with Crippen LogP contribution in [0.2, 0.25) is 0 Å². The van der Waals surface area contributed by atoms with Gasteiger partial charge in [0.15, 0.2) is 0 Å². The molecule has 0 bridgehead atoms. The number of nitrogens with zero attached hydrogens (tertiary/aromatic N) is 2. The van der Waals surface area contributed by atoms with Crippen molar-refractivity contribution in [3.05, 3.63) is 78.0 Å². The Morgan fingerprint density at radius 1 is 0.957 bits per heavy atom. The van der Waals surface area contributed by atoms with Crippen LogP contribution < -0.4 is 0 Å². The van der Waals surface area contributed by atoms with Crippen LogP contribution in [0.3, 0.4) is 0 Å². The lowest BCUT2D eigenvalue weighted by molar-refractivity contribution is 0.140. The molecule has 0 radical (unpaired) electrons. The molecule has 0 aliphatic carbocycles. The molecule has 1 aliphatic rings. The summed E-state index contributed by atoms with van der Waals surface area (Å²) in [7, 11) is 0. The van der Waals surface area contributed by atoms with Crippen LogP contribution in [-0.2, 0) is 6.54 Å². The smallest absolute Gasteiger partial charge is 0.0702 e. The van der Waals surface area contributed by atoms with Crippen LogP contribution in [0.15, 0.2) is 66.9 Å². The first-order chi connectivity index (χ1) is 11.4. The molecule has 2 nitrogen and oxygen atoms in total. The molecule has 2 heteroatoms. The van der Waals surface area contributed by atoms with E-state index in [1.54, 1.807) is 0 Å². The fourth-order valence-electron chi connectivity index (χ4n) is 3.68. The molecule has 3 aromatic rings. The second-order valence-electron chi connectivity index (χ2n) is 6.42. The third-order valence-electron chi connectivity index (χ3n) is 4.85. The standard InChI is InChI=1S/C21H22N2/c1-2-7-17(8-3-1)16-23-14-5-4-10-21(23)19-11-12-20-18(15-19)9-6-13-22-20/h1-3,6-9,11-13,15,21H,4-5,10,14,16H2. The normalized spacial score (nSPS) is 19.0. The number of fused-ring (bicyclic) bond motifs is 1. The van der Waals surface area contributed by atoms with E-state index < -0.39 is 0 Å². The van der Waals surface area contributed by atoms with Gasteiger partial charge in [0.2, 0.25) is 0 Å². The maximum absolute atomic E-state index is 4.44. The van der Waals surface area contributed by atoms with Gasteiger partial charge >= 0.3 is 0 Å². The van der Waals surface area contributed by atoms with Gasteiger partial charge in [0.1, 0.15) is 0 Å². The third-order valence-corrected chi connectivity index (χ3v) is 4.85. The fraction of sp³-hybridized carbons (Fsp3) is 0.286. The Kier molecular flexibility index (Phi) is 4.08. The molecule has 1 aliphatic heterocycles. The predicted molar refractivity (Wildman–Crippen MR) is 95.2 cm³/mol. The van der Waals surface area contributed by atoms with Crippen molar-refractivity contribution in [1.82, 2.24) is 9.88 Å². The van der Waals surface area contributed by atoms with Gasteiger partial charge in [-0.15, -0.1) is 0 Å². The number of hydrogen-bond donors (Lipinski definition) is 0. The highest BCUT2D eigenvalue weighted by Gasteiger charge is 2.24. The summed E-state index contributed by atoms with van der Waals surface area (Å²) in [5.74, 6) is 0. The van der Waals surface area contributed by atoms with E-state index in [4.69, 9.17) is 0 Å². The van der Waals surface area contributed by atoms with E-state index in [9.17, 15) is 0 Å². The van der Waals surface area contributed by atoms with E-state index in [-0.39, 0.29) is 0 Å². The Hall–Kier alpha value is -2.19. The van der Waals surface area contributed by atoms with Crippen LogP contribution in [0.25, 0.3) is 10.9 Å². The molecule has 23 heavy (non-hydrogen) atoms. The van der Waals surface area contributed by atoms with Crippen molar-refractivity contribution in [1.29, 1.82) is 0 Å². The van der Waals surface area contributed by atoms with Crippen molar-refractivity contribution in [3.63, 3.8) is 0 Å². The molecule has 1 atom stereocenters. The predicted octanol–water partition coefficient (Wildman–Crippen LogP) is 4.96. The minimum Gasteiger partial charge on any atom is -0.292 e. The molecule has 1 saturated heterocycles. The molecule has 0 spiro atoms. The van der Waals surface area contributed by atoms with Gasteiger partial charge in [-0.05, 0) is 48.7 Å². The first-order valence-electron chi connectivity index (χ1n) is 8.53. The van der Waals surface area contributed by atoms with E-state index in [1.807, 2.05) is 12.3 Å². The molecule has 0 N–H and O–H groups in total. The number of piperidine rings is 1. The van der Waals surface area contributed by atoms with Crippen molar-refractivity contribution in [2.45, 2.75) is 31.8 Å². The van der Waals surface area contributed by atoms with Gasteiger partial charge in [0.05, 0.1) is 5.52 Å². The summed E-state index contributed by atoms with van der Waals surface area (Å²) in [6.45, 7) is 2.22. The van der Waals surface area contributed by atoms with E-state index in [2.05, 4.69) is 64.5 Å². The van der Waals surface area contributed by atoms with E-state index >= 15 is 0 Å². The molecular weight excluding hydrogens is 280 g/mol. The van der Waals surface area contributed by atoms with Crippen LogP contribution >= 0.6 is 0 Å². The van der Waals surface area contributed by atoms with Crippen molar-refractivity contribution in [2.24, 2.45) is 0 Å². The van der Waals surface area contributed by atoms with E-state index in [0.717, 1.165) is 12.1 Å². The summed E-state index contributed by atoms with van der Waals surface area (Å²) in [6, 6.07) is 22.3. The zero-order valence-electron chi connectivity index (χ0n) is 13.4. The van der Waals surface area contributed by atoms with Gasteiger partial charge in [0, 0.05) is 24.2 Å². The number of benzene rings is 2. The molecule has 4 rings (SSSR count). The number of hydrogen-bond acceptors (Lipinski definition) is 2. The van der Waals surface area contributed by atoms with Crippen LogP contribution in [0, 0.1) is 0 Å². The Bertz CT molecular complexity index is 782. The summed E-state index contributed by atoms with van der Waals surface area (Å²) < 4.78 is 0. The molecule has 1 aromatic heterocycles. The SMILES string of the molecule is c1ccc(CN2CCCCC2c2ccc3ncccc3c2)cc1. The topological polar surface area (TPSA) is 16.1 Å². The summed E-state index contributed by atoms with van der Waals surface area (Å²) >= 11 is 0. The first-order valence-corrected chi connectivity index (χ1v) is 8.53. The second kappa shape index (κ2) is 6.51. The maximum atomic E-state index is 4.44. The van der Waals surface area contributed by atoms with Crippen molar-refractivity contribution >= 4 is 10.9 Å². The van der Waals surface area contributed by atoms with E-state index in [0.29, 0.717) is 6.04 Å². The highest BCUT2D eigenvalue weighted by molar-refractivity contribution is 5.79. The minimum absolute atomic E-state index is 0.522. The zero-order valence-corrected chi connectivity index (χ0v) is 13.4. The van der Waals surface area contributed by atoms with Gasteiger partial charge in [0.25, 0.3) is 0 Å². The van der Waals surface area contributed by atoms with Crippen LogP contribution in [0.5, 0.6) is 0 Å². The molecule has 116 valence electrons. The lowest BCUT2D eigenvalue weighted by Crippen LogP contribution is -2.32. The molecule has 1 unspecified atom stereocenters. The summed E-state index contributed by atoms with van der Waals surface area (Å²) in [6.07, 6.45) is 5.74. The van der Waals surface area contributed by atoms with Gasteiger partial charge in [-0.25, -0.2) is 0 Å². The summed E-state index contributed by atoms with van der Waals surface area (Å²) in [5.41, 5.74) is 3.92. The lowest BCUT2D eigenvalue weighted by atomic mass is 9.93. The fourth-order valence-corrected chi connectivity index (χ4v) is 3.68. The van der Waals surface area contributed by atoms with Crippen LogP contribution in [0.1, 0.15) is 36.4 Å². The molecule has 0 amide bonds. The van der Waals surface area contributed by atoms with Gasteiger partial charge in [-0.2, -0.15) is 0 Å². The number of rotatable bonds is 3. The van der Waals surface area contributed by atoms with Gasteiger partial charge in [-0.1, -0.05) is 48.9 Å². The maximum Gasteiger partial charge on any atom is 0.0702 e. The average Bonchev–Trinajstić information content (AvgIpc) is 2.63. The van der Waals surface area contributed by atoms with Gasteiger partial charge in [-0.3, -0.25) is 9.88 Å². The average molecular weight is 302 g/mol. The van der Waals surface area contributed by atoms with E-state index in [1.165, 1.54) is 42.3 Å². The largest absolute Gasteiger partial charge is 0.292 e. The molecule has 1 fully saturated rings. The summed E-state index contributed by atoms with van der Waals surface area (Å²) in [5, 5.41) is 1.25. The van der Waals surface area contributed by atoms with Crippen LogP contribution in [0.4, 0.5) is 0 Å². The molecular formula is C21H22N2.